The van der Waals surface area contributed by atoms with Crippen molar-refractivity contribution in [2.24, 2.45) is 5.10 Å². The van der Waals surface area contributed by atoms with Crippen molar-refractivity contribution in [2.75, 3.05) is 6.61 Å². The van der Waals surface area contributed by atoms with Crippen molar-refractivity contribution in [3.8, 4) is 17.1 Å². The Morgan fingerprint density at radius 3 is 2.79 bits per heavy atom. The van der Waals surface area contributed by atoms with Crippen LogP contribution in [0.15, 0.2) is 68.6 Å². The average molecular weight is 455 g/mol. The molecule has 0 fully saturated rings. The van der Waals surface area contributed by atoms with E-state index in [1.165, 1.54) is 6.21 Å². The van der Waals surface area contributed by atoms with Gasteiger partial charge in [-0.15, -0.1) is 0 Å². The molecule has 0 spiro atoms. The number of carbonyl (C=O) groups excluding carboxylic acids is 1. The van der Waals surface area contributed by atoms with Crippen molar-refractivity contribution in [3.63, 3.8) is 0 Å². The van der Waals surface area contributed by atoms with Crippen LogP contribution in [-0.4, -0.2) is 18.7 Å². The summed E-state index contributed by atoms with van der Waals surface area (Å²) in [6, 6.07) is 17.5. The monoisotopic (exact) mass is 454 g/mol. The minimum atomic E-state index is -0.337. The van der Waals surface area contributed by atoms with Gasteiger partial charge in [0, 0.05) is 10.0 Å². The van der Waals surface area contributed by atoms with Gasteiger partial charge in [-0.1, -0.05) is 54.0 Å². The first-order valence-electron chi connectivity index (χ1n) is 9.33. The predicted octanol–water partition coefficient (Wildman–Crippen LogP) is 5.67. The third kappa shape index (κ3) is 5.81. The van der Waals surface area contributed by atoms with Crippen LogP contribution >= 0.6 is 15.9 Å². The number of nitrogens with one attached hydrogen (secondary N) is 1. The number of hydrogen-bond acceptors (Lipinski definition) is 4. The van der Waals surface area contributed by atoms with Gasteiger partial charge in [0.1, 0.15) is 17.3 Å². The van der Waals surface area contributed by atoms with Gasteiger partial charge in [-0.3, -0.25) is 4.79 Å². The molecule has 5 nitrogen and oxygen atoms in total. The summed E-state index contributed by atoms with van der Waals surface area (Å²) in [5, 5.41) is 3.95. The molecule has 2 aromatic carbocycles. The molecule has 1 amide bonds. The summed E-state index contributed by atoms with van der Waals surface area (Å²) in [4.78, 5) is 12.1. The normalized spacial score (nSPS) is 11.2. The van der Waals surface area contributed by atoms with Crippen LogP contribution < -0.4 is 10.2 Å². The van der Waals surface area contributed by atoms with E-state index >= 15 is 0 Å². The van der Waals surface area contributed by atoms with Crippen LogP contribution in [0.1, 0.15) is 36.7 Å². The van der Waals surface area contributed by atoms with Crippen molar-refractivity contribution >= 4 is 28.1 Å². The number of benzene rings is 2. The third-order valence-corrected chi connectivity index (χ3v) is 4.76. The Kier molecular flexibility index (Phi) is 6.88. The van der Waals surface area contributed by atoms with E-state index < -0.39 is 0 Å². The van der Waals surface area contributed by atoms with Gasteiger partial charge >= 0.3 is 0 Å². The highest BCUT2D eigenvalue weighted by molar-refractivity contribution is 9.10. The van der Waals surface area contributed by atoms with Crippen LogP contribution in [0.4, 0.5) is 0 Å². The van der Waals surface area contributed by atoms with Gasteiger partial charge < -0.3 is 9.15 Å². The van der Waals surface area contributed by atoms with Crippen LogP contribution in [0.3, 0.4) is 0 Å². The van der Waals surface area contributed by atoms with Crippen LogP contribution in [-0.2, 0) is 4.79 Å². The lowest BCUT2D eigenvalue weighted by atomic mass is 10.0. The minimum Gasteiger partial charge on any atom is -0.483 e. The van der Waals surface area contributed by atoms with E-state index in [0.717, 1.165) is 32.7 Å². The quantitative estimate of drug-likeness (QED) is 0.369. The largest absolute Gasteiger partial charge is 0.483 e. The number of ether oxygens (including phenoxy) is 1. The fourth-order valence-electron chi connectivity index (χ4n) is 2.81. The van der Waals surface area contributed by atoms with Crippen LogP contribution in [0.25, 0.3) is 11.3 Å². The second-order valence-electron chi connectivity index (χ2n) is 6.99. The minimum absolute atomic E-state index is 0.109. The lowest BCUT2D eigenvalue weighted by Crippen LogP contribution is -2.24. The Labute approximate surface area is 178 Å². The van der Waals surface area contributed by atoms with Gasteiger partial charge in [-0.25, -0.2) is 5.43 Å². The molecule has 3 aromatic rings. The van der Waals surface area contributed by atoms with Gasteiger partial charge in [0.15, 0.2) is 6.61 Å². The highest BCUT2D eigenvalue weighted by Crippen LogP contribution is 2.27. The van der Waals surface area contributed by atoms with Gasteiger partial charge in [0.25, 0.3) is 5.91 Å². The van der Waals surface area contributed by atoms with E-state index in [4.69, 9.17) is 9.15 Å². The number of nitrogens with zero attached hydrogens (tertiary/aromatic N) is 1. The Morgan fingerprint density at radius 1 is 1.21 bits per heavy atom. The molecule has 0 radical (unpaired) electrons. The fourth-order valence-corrected chi connectivity index (χ4v) is 3.21. The van der Waals surface area contributed by atoms with Crippen LogP contribution in [0, 0.1) is 6.92 Å². The van der Waals surface area contributed by atoms with Crippen LogP contribution in [0.5, 0.6) is 5.75 Å². The summed E-state index contributed by atoms with van der Waals surface area (Å²) in [6.45, 7) is 6.07. The standard InChI is InChI=1S/C23H23BrN2O3/c1-15(2)20-9-7-16(3)11-22(20)28-14-23(27)26-25-13-19-8-10-21(29-19)17-5-4-6-18(24)12-17/h4-13,15H,14H2,1-3H3,(H,26,27). The Hall–Kier alpha value is -2.86. The third-order valence-electron chi connectivity index (χ3n) is 4.27. The summed E-state index contributed by atoms with van der Waals surface area (Å²) in [5.74, 6) is 1.97. The summed E-state index contributed by atoms with van der Waals surface area (Å²) < 4.78 is 12.4. The molecule has 0 bridgehead atoms. The molecule has 6 heteroatoms. The van der Waals surface area contributed by atoms with Gasteiger partial charge in [0.2, 0.25) is 0 Å². The molecule has 1 aromatic heterocycles. The molecule has 0 saturated heterocycles. The summed E-state index contributed by atoms with van der Waals surface area (Å²) >= 11 is 3.44. The van der Waals surface area contributed by atoms with Crippen molar-refractivity contribution in [2.45, 2.75) is 26.7 Å². The number of amides is 1. The molecule has 0 unspecified atom stereocenters. The molecule has 150 valence electrons. The number of hydrazone groups is 1. The molecule has 29 heavy (non-hydrogen) atoms. The molecule has 1 heterocycles. The van der Waals surface area contributed by atoms with Gasteiger partial charge in [0.05, 0.1) is 6.21 Å². The Balaban J connectivity index is 1.55. The first-order valence-corrected chi connectivity index (χ1v) is 10.1. The van der Waals surface area contributed by atoms with E-state index in [-0.39, 0.29) is 12.5 Å². The number of aryl methyl sites for hydroxylation is 1. The lowest BCUT2D eigenvalue weighted by Gasteiger charge is -2.14. The van der Waals surface area contributed by atoms with Gasteiger partial charge in [-0.2, -0.15) is 5.10 Å². The zero-order valence-corrected chi connectivity index (χ0v) is 18.2. The molecule has 0 aliphatic heterocycles. The number of carbonyl (C=O) groups is 1. The first-order chi connectivity index (χ1) is 13.9. The summed E-state index contributed by atoms with van der Waals surface area (Å²) in [5.41, 5.74) is 5.57. The maximum absolute atomic E-state index is 12.1. The van der Waals surface area contributed by atoms with Gasteiger partial charge in [-0.05, 0) is 54.3 Å². The van der Waals surface area contributed by atoms with E-state index in [2.05, 4.69) is 40.3 Å². The maximum Gasteiger partial charge on any atom is 0.277 e. The van der Waals surface area contributed by atoms with E-state index in [1.54, 1.807) is 6.07 Å². The molecule has 0 aliphatic carbocycles. The fraction of sp³-hybridized carbons (Fsp3) is 0.217. The summed E-state index contributed by atoms with van der Waals surface area (Å²) in [6.07, 6.45) is 1.46. The van der Waals surface area contributed by atoms with Crippen LogP contribution in [0.2, 0.25) is 0 Å². The first kappa shape index (κ1) is 20.9. The number of hydrogen-bond donors (Lipinski definition) is 1. The molecule has 3 rings (SSSR count). The second-order valence-corrected chi connectivity index (χ2v) is 7.91. The lowest BCUT2D eigenvalue weighted by molar-refractivity contribution is -0.123. The molecule has 0 saturated carbocycles. The zero-order chi connectivity index (χ0) is 20.8. The zero-order valence-electron chi connectivity index (χ0n) is 16.6. The van der Waals surface area contributed by atoms with Crippen molar-refractivity contribution in [3.05, 3.63) is 76.0 Å². The number of furan rings is 1. The topological polar surface area (TPSA) is 63.8 Å². The summed E-state index contributed by atoms with van der Waals surface area (Å²) in [7, 11) is 0. The molecule has 1 N–H and O–H groups in total. The van der Waals surface area contributed by atoms with Crippen molar-refractivity contribution in [1.29, 1.82) is 0 Å². The van der Waals surface area contributed by atoms with E-state index in [9.17, 15) is 4.79 Å². The highest BCUT2D eigenvalue weighted by atomic mass is 79.9. The van der Waals surface area contributed by atoms with E-state index in [0.29, 0.717) is 11.7 Å². The molecular formula is C23H23BrN2O3. The Bertz CT molecular complexity index is 1020. The average Bonchev–Trinajstić information content (AvgIpc) is 3.15. The highest BCUT2D eigenvalue weighted by Gasteiger charge is 2.10. The number of halogens is 1. The number of rotatable bonds is 7. The maximum atomic E-state index is 12.1. The molecular weight excluding hydrogens is 432 g/mol. The Morgan fingerprint density at radius 2 is 2.03 bits per heavy atom. The predicted molar refractivity (Wildman–Crippen MR) is 118 cm³/mol. The van der Waals surface area contributed by atoms with Crippen molar-refractivity contribution in [1.82, 2.24) is 5.43 Å². The molecule has 0 aliphatic rings. The second kappa shape index (κ2) is 9.56. The smallest absolute Gasteiger partial charge is 0.277 e. The van der Waals surface area contributed by atoms with E-state index in [1.807, 2.05) is 55.5 Å². The SMILES string of the molecule is Cc1ccc(C(C)C)c(OCC(=O)NN=Cc2ccc(-c3cccc(Br)c3)o2)c1. The van der Waals surface area contributed by atoms with Crippen molar-refractivity contribution < 1.29 is 13.9 Å². The molecule has 0 atom stereocenters.